The average molecular weight is 212 g/mol. The largest absolute Gasteiger partial charge is 1.00 e. The van der Waals surface area contributed by atoms with E-state index in [4.69, 9.17) is 0 Å². The van der Waals surface area contributed by atoms with Crippen molar-refractivity contribution < 1.29 is 73.1 Å². The summed E-state index contributed by atoms with van der Waals surface area (Å²) >= 11 is 0. The SMILES string of the molecule is F[B-](F)(F)C1CCC(F)(F)C1.[K+]. The molecule has 1 aliphatic rings. The first-order valence-electron chi connectivity index (χ1n) is 3.39. The van der Waals surface area contributed by atoms with Crippen LogP contribution in [0.25, 0.3) is 0 Å². The van der Waals surface area contributed by atoms with Crippen LogP contribution in [0.1, 0.15) is 19.3 Å². The molecule has 1 saturated carbocycles. The maximum Gasteiger partial charge on any atom is 1.00 e. The number of hydrogen-bond acceptors (Lipinski definition) is 0. The molecule has 0 aromatic carbocycles. The van der Waals surface area contributed by atoms with Gasteiger partial charge in [0, 0.05) is 6.42 Å². The van der Waals surface area contributed by atoms with Crippen molar-refractivity contribution in [3.63, 3.8) is 0 Å². The first kappa shape index (κ1) is 13.4. The minimum atomic E-state index is -5.05. The zero-order chi connectivity index (χ0) is 8.70. The summed E-state index contributed by atoms with van der Waals surface area (Å²) in [5, 5.41) is 0. The van der Waals surface area contributed by atoms with Gasteiger partial charge >= 0.3 is 58.4 Å². The van der Waals surface area contributed by atoms with E-state index >= 15 is 0 Å². The Hall–Kier alpha value is 1.35. The third kappa shape index (κ3) is 3.61. The van der Waals surface area contributed by atoms with Gasteiger partial charge in [-0.1, -0.05) is 12.2 Å². The van der Waals surface area contributed by atoms with Gasteiger partial charge in [0.25, 0.3) is 0 Å². The zero-order valence-corrected chi connectivity index (χ0v) is 9.79. The van der Waals surface area contributed by atoms with Crippen LogP contribution in [0.5, 0.6) is 0 Å². The zero-order valence-electron chi connectivity index (χ0n) is 6.67. The van der Waals surface area contributed by atoms with Gasteiger partial charge in [-0.15, -0.1) is 0 Å². The van der Waals surface area contributed by atoms with Crippen LogP contribution >= 0.6 is 0 Å². The summed E-state index contributed by atoms with van der Waals surface area (Å²) in [6, 6.07) is 0. The van der Waals surface area contributed by atoms with E-state index in [-0.39, 0.29) is 51.4 Å². The van der Waals surface area contributed by atoms with Crippen LogP contribution in [0, 0.1) is 0 Å². The summed E-state index contributed by atoms with van der Waals surface area (Å²) in [4.78, 5) is 0. The van der Waals surface area contributed by atoms with E-state index in [1.807, 2.05) is 0 Å². The van der Waals surface area contributed by atoms with E-state index < -0.39 is 38.0 Å². The molecule has 0 aliphatic heterocycles. The molecule has 0 aromatic heterocycles. The Bertz CT molecular complexity index is 156. The molecule has 0 radical (unpaired) electrons. The van der Waals surface area contributed by atoms with Crippen LogP contribution in [0.2, 0.25) is 5.82 Å². The van der Waals surface area contributed by atoms with Crippen LogP contribution in [0.3, 0.4) is 0 Å². The van der Waals surface area contributed by atoms with Gasteiger partial charge in [0.2, 0.25) is 5.92 Å². The van der Waals surface area contributed by atoms with Crippen molar-refractivity contribution in [2.24, 2.45) is 0 Å². The molecule has 1 rings (SSSR count). The molecule has 0 nitrogen and oxygen atoms in total. The second-order valence-electron chi connectivity index (χ2n) is 2.98. The molecule has 1 aliphatic carbocycles. The molecule has 0 bridgehead atoms. The predicted octanol–water partition coefficient (Wildman–Crippen LogP) is 0.0272. The van der Waals surface area contributed by atoms with Gasteiger partial charge in [0.15, 0.2) is 0 Å². The summed E-state index contributed by atoms with van der Waals surface area (Å²) in [5.41, 5.74) is 0. The minimum Gasteiger partial charge on any atom is -0.449 e. The van der Waals surface area contributed by atoms with Crippen molar-refractivity contribution in [1.82, 2.24) is 0 Å². The number of alkyl halides is 2. The van der Waals surface area contributed by atoms with E-state index in [1.54, 1.807) is 0 Å². The first-order chi connectivity index (χ1) is 4.81. The number of halogens is 5. The average Bonchev–Trinajstić information content (AvgIpc) is 2.07. The molecule has 7 heteroatoms. The monoisotopic (exact) mass is 212 g/mol. The fraction of sp³-hybridized carbons (Fsp3) is 1.00. The Morgan fingerprint density at radius 2 is 1.67 bits per heavy atom. The Balaban J connectivity index is 0.00000121. The van der Waals surface area contributed by atoms with Crippen LogP contribution in [-0.2, 0) is 0 Å². The molecular formula is C5H7BF5K. The molecule has 1 unspecified atom stereocenters. The molecule has 0 amide bonds. The summed E-state index contributed by atoms with van der Waals surface area (Å²) in [7, 11) is 0. The van der Waals surface area contributed by atoms with Crippen LogP contribution in [-0.4, -0.2) is 12.9 Å². The smallest absolute Gasteiger partial charge is 0.449 e. The van der Waals surface area contributed by atoms with Crippen LogP contribution < -0.4 is 51.4 Å². The maximum absolute atomic E-state index is 12.2. The van der Waals surface area contributed by atoms with E-state index in [1.165, 1.54) is 0 Å². The number of rotatable bonds is 1. The van der Waals surface area contributed by atoms with Crippen molar-refractivity contribution in [1.29, 1.82) is 0 Å². The molecule has 0 saturated heterocycles. The first-order valence-corrected chi connectivity index (χ1v) is 3.39. The molecule has 1 atom stereocenters. The second-order valence-corrected chi connectivity index (χ2v) is 2.98. The Labute approximate surface area is 110 Å². The van der Waals surface area contributed by atoms with Gasteiger partial charge in [-0.2, -0.15) is 0 Å². The fourth-order valence-corrected chi connectivity index (χ4v) is 1.31. The maximum atomic E-state index is 12.2. The third-order valence-electron chi connectivity index (χ3n) is 1.98. The van der Waals surface area contributed by atoms with Gasteiger partial charge in [0.1, 0.15) is 0 Å². The summed E-state index contributed by atoms with van der Waals surface area (Å²) < 4.78 is 60.0. The molecule has 0 spiro atoms. The van der Waals surface area contributed by atoms with E-state index in [2.05, 4.69) is 0 Å². The molecule has 0 N–H and O–H groups in total. The van der Waals surface area contributed by atoms with Crippen molar-refractivity contribution in [2.75, 3.05) is 0 Å². The van der Waals surface area contributed by atoms with Crippen LogP contribution in [0.4, 0.5) is 21.7 Å². The van der Waals surface area contributed by atoms with Gasteiger partial charge < -0.3 is 12.9 Å². The van der Waals surface area contributed by atoms with Gasteiger partial charge in [-0.3, -0.25) is 0 Å². The summed E-state index contributed by atoms with van der Waals surface area (Å²) in [6.45, 7) is -5.05. The third-order valence-corrected chi connectivity index (χ3v) is 1.98. The van der Waals surface area contributed by atoms with Crippen molar-refractivity contribution in [3.8, 4) is 0 Å². The van der Waals surface area contributed by atoms with Crippen molar-refractivity contribution in [3.05, 3.63) is 0 Å². The van der Waals surface area contributed by atoms with Crippen LogP contribution in [0.15, 0.2) is 0 Å². The molecular weight excluding hydrogens is 205 g/mol. The molecule has 12 heavy (non-hydrogen) atoms. The normalized spacial score (nSPS) is 28.2. The van der Waals surface area contributed by atoms with Gasteiger partial charge in [-0.05, 0) is 6.42 Å². The second kappa shape index (κ2) is 4.25. The molecule has 66 valence electrons. The fourth-order valence-electron chi connectivity index (χ4n) is 1.31. The Morgan fingerprint density at radius 3 is 1.83 bits per heavy atom. The standard InChI is InChI=1S/C5H7BF5.K/c7-5(8)2-1-4(3-5)6(9,10)11;/h4H,1-3H2;/q-1;+1. The molecule has 1 fully saturated rings. The van der Waals surface area contributed by atoms with E-state index in [0.717, 1.165) is 0 Å². The Kier molecular flexibility index (Phi) is 4.73. The van der Waals surface area contributed by atoms with Crippen molar-refractivity contribution in [2.45, 2.75) is 31.0 Å². The quantitative estimate of drug-likeness (QED) is 0.424. The summed E-state index contributed by atoms with van der Waals surface area (Å²) in [5.74, 6) is -4.81. The van der Waals surface area contributed by atoms with E-state index in [9.17, 15) is 21.7 Å². The van der Waals surface area contributed by atoms with Gasteiger partial charge in [-0.25, -0.2) is 8.78 Å². The molecule has 0 aromatic rings. The van der Waals surface area contributed by atoms with Crippen molar-refractivity contribution >= 4 is 6.98 Å². The van der Waals surface area contributed by atoms with E-state index in [0.29, 0.717) is 0 Å². The predicted molar refractivity (Wildman–Crippen MR) is 31.6 cm³/mol. The Morgan fingerprint density at radius 1 is 1.17 bits per heavy atom. The van der Waals surface area contributed by atoms with Gasteiger partial charge in [0.05, 0.1) is 0 Å². The summed E-state index contributed by atoms with van der Waals surface area (Å²) in [6.07, 6.45) is -2.02. The molecule has 0 heterocycles. The number of hydrogen-bond donors (Lipinski definition) is 0. The topological polar surface area (TPSA) is 0 Å². The minimum absolute atomic E-state index is 0.